The van der Waals surface area contributed by atoms with Gasteiger partial charge in [-0.3, -0.25) is 4.79 Å². The van der Waals surface area contributed by atoms with Crippen LogP contribution in [0.15, 0.2) is 12.3 Å². The molecule has 3 heterocycles. The van der Waals surface area contributed by atoms with Gasteiger partial charge in [-0.2, -0.15) is 13.2 Å². The molecule has 29 heavy (non-hydrogen) atoms. The molecule has 3 rings (SSSR count). The van der Waals surface area contributed by atoms with Gasteiger partial charge in [-0.25, -0.2) is 4.98 Å². The molecule has 1 aliphatic heterocycles. The zero-order valence-corrected chi connectivity index (χ0v) is 17.5. The molecule has 0 saturated carbocycles. The number of nitrogens with zero attached hydrogens (tertiary/aromatic N) is 4. The van der Waals surface area contributed by atoms with Crippen LogP contribution in [0.25, 0.3) is 0 Å². The van der Waals surface area contributed by atoms with Crippen molar-refractivity contribution in [2.45, 2.75) is 39.3 Å². The van der Waals surface area contributed by atoms with E-state index in [0.29, 0.717) is 42.8 Å². The van der Waals surface area contributed by atoms with Crippen LogP contribution < -0.4 is 10.2 Å². The number of rotatable bonds is 5. The number of anilines is 2. The Kier molecular flexibility index (Phi) is 6.62. The first-order chi connectivity index (χ1) is 13.6. The van der Waals surface area contributed by atoms with Crippen molar-refractivity contribution >= 4 is 39.8 Å². The van der Waals surface area contributed by atoms with Crippen molar-refractivity contribution < 1.29 is 18.0 Å². The van der Waals surface area contributed by atoms with Gasteiger partial charge in [-0.1, -0.05) is 36.8 Å². The summed E-state index contributed by atoms with van der Waals surface area (Å²) < 4.78 is 38.3. The van der Waals surface area contributed by atoms with Crippen LogP contribution >= 0.6 is 22.9 Å². The molecule has 11 heteroatoms. The summed E-state index contributed by atoms with van der Waals surface area (Å²) in [6.07, 6.45) is -1.80. The van der Waals surface area contributed by atoms with Crippen molar-refractivity contribution in [3.63, 3.8) is 0 Å². The van der Waals surface area contributed by atoms with Crippen molar-refractivity contribution in [1.29, 1.82) is 0 Å². The number of hydrogen-bond acceptors (Lipinski definition) is 6. The molecule has 1 fully saturated rings. The maximum atomic E-state index is 12.8. The Balaban J connectivity index is 1.56. The summed E-state index contributed by atoms with van der Waals surface area (Å²) in [4.78, 5) is 18.2. The first kappa shape index (κ1) is 21.8. The minimum absolute atomic E-state index is 0.0470. The summed E-state index contributed by atoms with van der Waals surface area (Å²) in [6, 6.07) is 0.882. The van der Waals surface area contributed by atoms with Gasteiger partial charge in [-0.05, 0) is 24.8 Å². The van der Waals surface area contributed by atoms with E-state index in [1.807, 2.05) is 0 Å². The summed E-state index contributed by atoms with van der Waals surface area (Å²) in [7, 11) is 0. The summed E-state index contributed by atoms with van der Waals surface area (Å²) in [5.41, 5.74) is -0.880. The number of piperidine rings is 1. The van der Waals surface area contributed by atoms with Crippen molar-refractivity contribution in [3.8, 4) is 0 Å². The molecule has 0 aromatic carbocycles. The summed E-state index contributed by atoms with van der Waals surface area (Å²) >= 11 is 7.39. The molecule has 0 atom stereocenters. The average Bonchev–Trinajstić information content (AvgIpc) is 3.07. The Morgan fingerprint density at radius 2 is 2.03 bits per heavy atom. The smallest absolute Gasteiger partial charge is 0.355 e. The molecule has 0 unspecified atom stereocenters. The highest BCUT2D eigenvalue weighted by atomic mass is 35.5. The second kappa shape index (κ2) is 8.83. The van der Waals surface area contributed by atoms with E-state index in [1.54, 1.807) is 4.90 Å². The van der Waals surface area contributed by atoms with Gasteiger partial charge in [-0.15, -0.1) is 10.2 Å². The monoisotopic (exact) mass is 447 g/mol. The zero-order chi connectivity index (χ0) is 21.2. The van der Waals surface area contributed by atoms with Crippen molar-refractivity contribution in [2.75, 3.05) is 23.3 Å². The Morgan fingerprint density at radius 3 is 2.62 bits per heavy atom. The maximum absolute atomic E-state index is 12.8. The predicted octanol–water partition coefficient (Wildman–Crippen LogP) is 4.66. The Hall–Kier alpha value is -1.94. The van der Waals surface area contributed by atoms with E-state index in [0.717, 1.165) is 23.7 Å². The number of aromatic nitrogens is 3. The van der Waals surface area contributed by atoms with Gasteiger partial charge in [0.1, 0.15) is 10.8 Å². The molecular formula is C18H21ClF3N5OS. The van der Waals surface area contributed by atoms with Gasteiger partial charge < -0.3 is 10.2 Å². The fraction of sp³-hybridized carbons (Fsp3) is 0.556. The molecule has 6 nitrogen and oxygen atoms in total. The predicted molar refractivity (Wildman–Crippen MR) is 106 cm³/mol. The molecular weight excluding hydrogens is 427 g/mol. The zero-order valence-electron chi connectivity index (χ0n) is 16.0. The van der Waals surface area contributed by atoms with Crippen LogP contribution in [0.5, 0.6) is 0 Å². The lowest BCUT2D eigenvalue weighted by molar-refractivity contribution is -0.137. The van der Waals surface area contributed by atoms with Crippen LogP contribution in [0.1, 0.15) is 37.3 Å². The molecule has 1 saturated heterocycles. The van der Waals surface area contributed by atoms with E-state index in [2.05, 4.69) is 34.3 Å². The lowest BCUT2D eigenvalue weighted by Crippen LogP contribution is -2.38. The molecule has 1 aliphatic rings. The second-order valence-corrected chi connectivity index (χ2v) is 8.85. The number of hydrogen-bond donors (Lipinski definition) is 1. The van der Waals surface area contributed by atoms with Gasteiger partial charge in [0.15, 0.2) is 0 Å². The van der Waals surface area contributed by atoms with Crippen molar-refractivity contribution in [3.05, 3.63) is 27.9 Å². The maximum Gasteiger partial charge on any atom is 0.417 e. The summed E-state index contributed by atoms with van der Waals surface area (Å²) in [5.74, 6) is 0.433. The van der Waals surface area contributed by atoms with E-state index in [4.69, 9.17) is 11.6 Å². The Bertz CT molecular complexity index is 865. The SMILES string of the molecule is CC(C)Cc1nnc(NC(=O)C2CCN(c3ncc(C(F)(F)F)cc3Cl)CC2)s1. The number of carbonyl (C=O) groups excluding carboxylic acids is 1. The van der Waals surface area contributed by atoms with Crippen molar-refractivity contribution in [2.24, 2.45) is 11.8 Å². The van der Waals surface area contributed by atoms with Crippen LogP contribution in [0, 0.1) is 11.8 Å². The summed E-state index contributed by atoms with van der Waals surface area (Å²) in [5, 5.41) is 12.2. The van der Waals surface area contributed by atoms with E-state index in [-0.39, 0.29) is 16.8 Å². The van der Waals surface area contributed by atoms with Crippen LogP contribution in [-0.2, 0) is 17.4 Å². The fourth-order valence-corrected chi connectivity index (χ4v) is 4.36. The third-order valence-electron chi connectivity index (χ3n) is 4.59. The molecule has 0 radical (unpaired) electrons. The van der Waals surface area contributed by atoms with Crippen LogP contribution in [0.4, 0.5) is 24.1 Å². The van der Waals surface area contributed by atoms with Gasteiger partial charge in [0.2, 0.25) is 11.0 Å². The third-order valence-corrected chi connectivity index (χ3v) is 5.73. The van der Waals surface area contributed by atoms with Gasteiger partial charge >= 0.3 is 6.18 Å². The first-order valence-corrected chi connectivity index (χ1v) is 10.4. The second-order valence-electron chi connectivity index (χ2n) is 7.38. The highest BCUT2D eigenvalue weighted by Gasteiger charge is 2.33. The Morgan fingerprint density at radius 1 is 1.34 bits per heavy atom. The first-order valence-electron chi connectivity index (χ1n) is 9.24. The van der Waals surface area contributed by atoms with E-state index in [1.165, 1.54) is 11.3 Å². The highest BCUT2D eigenvalue weighted by molar-refractivity contribution is 7.15. The molecule has 158 valence electrons. The topological polar surface area (TPSA) is 71.0 Å². The van der Waals surface area contributed by atoms with Crippen molar-refractivity contribution in [1.82, 2.24) is 15.2 Å². The third kappa shape index (κ3) is 5.57. The highest BCUT2D eigenvalue weighted by Crippen LogP contribution is 2.34. The van der Waals surface area contributed by atoms with Crippen LogP contribution in [-0.4, -0.2) is 34.2 Å². The summed E-state index contributed by atoms with van der Waals surface area (Å²) in [6.45, 7) is 5.13. The molecule has 0 spiro atoms. The van der Waals surface area contributed by atoms with Crippen LogP contribution in [0.2, 0.25) is 5.02 Å². The van der Waals surface area contributed by atoms with Gasteiger partial charge in [0.05, 0.1) is 10.6 Å². The molecule has 0 aliphatic carbocycles. The molecule has 1 N–H and O–H groups in total. The molecule has 1 amide bonds. The average molecular weight is 448 g/mol. The number of pyridine rings is 1. The Labute approximate surface area is 175 Å². The number of carbonyl (C=O) groups is 1. The van der Waals surface area contributed by atoms with E-state index < -0.39 is 11.7 Å². The number of nitrogens with one attached hydrogen (secondary N) is 1. The molecule has 0 bridgehead atoms. The number of alkyl halides is 3. The van der Waals surface area contributed by atoms with Crippen LogP contribution in [0.3, 0.4) is 0 Å². The number of amides is 1. The minimum atomic E-state index is -4.49. The van der Waals surface area contributed by atoms with E-state index in [9.17, 15) is 18.0 Å². The molecule has 2 aromatic heterocycles. The fourth-order valence-electron chi connectivity index (χ4n) is 3.12. The minimum Gasteiger partial charge on any atom is -0.355 e. The van der Waals surface area contributed by atoms with Gasteiger partial charge in [0.25, 0.3) is 0 Å². The lowest BCUT2D eigenvalue weighted by Gasteiger charge is -2.32. The quantitative estimate of drug-likeness (QED) is 0.721. The normalized spacial score (nSPS) is 15.8. The number of halogens is 4. The lowest BCUT2D eigenvalue weighted by atomic mass is 9.96. The molecule has 2 aromatic rings. The largest absolute Gasteiger partial charge is 0.417 e. The standard InChI is InChI=1S/C18H21ClF3N5OS/c1-10(2)7-14-25-26-17(29-14)24-16(28)11-3-5-27(6-4-11)15-13(19)8-12(9-23-15)18(20,21)22/h8-11H,3-7H2,1-2H3,(H,24,26,28). The van der Waals surface area contributed by atoms with Gasteiger partial charge in [0, 0.05) is 31.6 Å². The van der Waals surface area contributed by atoms with E-state index >= 15 is 0 Å².